The maximum atomic E-state index is 9.80. The van der Waals surface area contributed by atoms with Gasteiger partial charge in [0, 0.05) is 48.9 Å². The lowest BCUT2D eigenvalue weighted by atomic mass is 10.1. The summed E-state index contributed by atoms with van der Waals surface area (Å²) < 4.78 is 1.89. The Balaban J connectivity index is 0.000000247. The normalized spacial score (nSPS) is 14.6. The quantitative estimate of drug-likeness (QED) is 0.273. The van der Waals surface area contributed by atoms with E-state index in [4.69, 9.17) is 4.98 Å². The fraction of sp³-hybridized carbons (Fsp3) is 0.308. The maximum absolute atomic E-state index is 9.80. The summed E-state index contributed by atoms with van der Waals surface area (Å²) in [5.74, 6) is 2.86. The number of carbonyl (C=O) groups is 1. The van der Waals surface area contributed by atoms with Crippen LogP contribution in [0.5, 0.6) is 0 Å². The van der Waals surface area contributed by atoms with Crippen molar-refractivity contribution in [2.45, 2.75) is 38.0 Å². The largest absolute Gasteiger partial charge is 0.340 e. The molecule has 0 aromatic carbocycles. The van der Waals surface area contributed by atoms with Crippen molar-refractivity contribution in [1.29, 1.82) is 0 Å². The smallest absolute Gasteiger partial charge is 0.245 e. The minimum atomic E-state index is 0.281. The van der Waals surface area contributed by atoms with Gasteiger partial charge in [-0.25, -0.2) is 9.50 Å². The molecule has 0 spiro atoms. The molecule has 0 bridgehead atoms. The van der Waals surface area contributed by atoms with Crippen LogP contribution in [0.2, 0.25) is 0 Å². The van der Waals surface area contributed by atoms with Gasteiger partial charge >= 0.3 is 0 Å². The van der Waals surface area contributed by atoms with Crippen molar-refractivity contribution >= 4 is 35.3 Å². The van der Waals surface area contributed by atoms with Crippen molar-refractivity contribution in [3.05, 3.63) is 48.7 Å². The molecule has 190 valence electrons. The zero-order chi connectivity index (χ0) is 26.7. The fourth-order valence-corrected chi connectivity index (χ4v) is 3.77. The van der Waals surface area contributed by atoms with Crippen molar-refractivity contribution in [3.8, 4) is 25.7 Å². The van der Waals surface area contributed by atoms with Gasteiger partial charge in [-0.3, -0.25) is 14.9 Å². The summed E-state index contributed by atoms with van der Waals surface area (Å²) in [7, 11) is 0. The second-order valence-electron chi connectivity index (χ2n) is 8.50. The zero-order valence-corrected chi connectivity index (χ0v) is 20.7. The van der Waals surface area contributed by atoms with E-state index < -0.39 is 0 Å². The van der Waals surface area contributed by atoms with Gasteiger partial charge in [0.2, 0.25) is 12.4 Å². The third-order valence-electron chi connectivity index (χ3n) is 6.01. The Kier molecular flexibility index (Phi) is 9.17. The van der Waals surface area contributed by atoms with Crippen molar-refractivity contribution in [3.63, 3.8) is 0 Å². The molecule has 0 unspecified atom stereocenters. The van der Waals surface area contributed by atoms with Crippen LogP contribution in [0.1, 0.15) is 38.3 Å². The van der Waals surface area contributed by atoms with E-state index in [0.717, 1.165) is 36.2 Å². The number of fused-ring (bicyclic) bond motifs is 1. The van der Waals surface area contributed by atoms with Crippen molar-refractivity contribution in [1.82, 2.24) is 34.8 Å². The molecule has 37 heavy (non-hydrogen) atoms. The van der Waals surface area contributed by atoms with E-state index in [1.807, 2.05) is 22.8 Å². The Bertz CT molecular complexity index is 1310. The van der Waals surface area contributed by atoms with Gasteiger partial charge in [-0.05, 0) is 37.8 Å². The van der Waals surface area contributed by atoms with Gasteiger partial charge in [-0.15, -0.1) is 30.8 Å². The topological polar surface area (TPSA) is 129 Å². The van der Waals surface area contributed by atoms with Crippen LogP contribution in [0.4, 0.5) is 23.4 Å². The number of nitrogens with zero attached hydrogens (tertiary/aromatic N) is 7. The number of amides is 1. The molecular formula is C26H30N10O. The van der Waals surface area contributed by atoms with Gasteiger partial charge in [0.05, 0.1) is 6.20 Å². The second kappa shape index (κ2) is 12.7. The first-order valence-electron chi connectivity index (χ1n) is 11.7. The number of aromatic nitrogens is 7. The molecule has 1 amide bonds. The van der Waals surface area contributed by atoms with Crippen LogP contribution in [0.15, 0.2) is 43.0 Å². The van der Waals surface area contributed by atoms with Gasteiger partial charge in [0.15, 0.2) is 17.5 Å². The van der Waals surface area contributed by atoms with Gasteiger partial charge in [0.1, 0.15) is 5.52 Å². The van der Waals surface area contributed by atoms with E-state index in [-0.39, 0.29) is 5.41 Å². The number of anilines is 4. The lowest BCUT2D eigenvalue weighted by molar-refractivity contribution is -0.105. The number of hydrogen-bond acceptors (Lipinski definition) is 8. The van der Waals surface area contributed by atoms with Gasteiger partial charge in [-0.1, -0.05) is 6.92 Å². The molecule has 4 aromatic rings. The Morgan fingerprint density at radius 2 is 1.86 bits per heavy atom. The van der Waals surface area contributed by atoms with E-state index >= 15 is 0 Å². The van der Waals surface area contributed by atoms with Crippen molar-refractivity contribution in [2.24, 2.45) is 0 Å². The molecular weight excluding hydrogens is 468 g/mol. The lowest BCUT2D eigenvalue weighted by Crippen LogP contribution is -2.22. The monoisotopic (exact) mass is 498 g/mol. The van der Waals surface area contributed by atoms with Crippen LogP contribution in [0.25, 0.3) is 5.52 Å². The number of nitrogens with one attached hydrogen (secondary N) is 3. The predicted octanol–water partition coefficient (Wildman–Crippen LogP) is 3.39. The molecule has 5 heterocycles. The number of H-pyrrole nitrogens is 1. The molecule has 11 nitrogen and oxygen atoms in total. The van der Waals surface area contributed by atoms with Crippen LogP contribution in [-0.2, 0) is 10.2 Å². The molecule has 1 saturated heterocycles. The molecule has 0 atom stereocenters. The molecule has 1 aliphatic heterocycles. The molecule has 2 aliphatic rings. The summed E-state index contributed by atoms with van der Waals surface area (Å²) in [4.78, 5) is 24.3. The molecule has 2 fully saturated rings. The molecule has 4 aromatic heterocycles. The molecule has 0 radical (unpaired) electrons. The van der Waals surface area contributed by atoms with E-state index in [2.05, 4.69) is 79.5 Å². The highest BCUT2D eigenvalue weighted by Crippen LogP contribution is 2.47. The minimum absolute atomic E-state index is 0.281. The first-order valence-corrected chi connectivity index (χ1v) is 11.7. The minimum Gasteiger partial charge on any atom is -0.340 e. The Hall–Kier alpha value is -4.90. The number of aromatic amines is 1. The maximum Gasteiger partial charge on any atom is 0.245 e. The molecule has 1 aliphatic carbocycles. The van der Waals surface area contributed by atoms with E-state index in [1.54, 1.807) is 0 Å². The summed E-state index contributed by atoms with van der Waals surface area (Å²) in [5, 5.41) is 18.0. The van der Waals surface area contributed by atoms with E-state index in [9.17, 15) is 4.79 Å². The van der Waals surface area contributed by atoms with Crippen LogP contribution in [-0.4, -0.2) is 54.3 Å². The van der Waals surface area contributed by atoms with Crippen molar-refractivity contribution in [2.75, 3.05) is 28.6 Å². The predicted molar refractivity (Wildman–Crippen MR) is 144 cm³/mol. The van der Waals surface area contributed by atoms with Gasteiger partial charge in [-0.2, -0.15) is 10.1 Å². The number of hydrogen-bond donors (Lipinski definition) is 3. The first kappa shape index (κ1) is 26.7. The lowest BCUT2D eigenvalue weighted by Gasteiger charge is -2.16. The average Bonchev–Trinajstić information content (AvgIpc) is 3.43. The third kappa shape index (κ3) is 6.61. The SMILES string of the molecule is C#C.C#C.CC1(c2cc(Nc3nc(N4CCCC4)nn4cccc34)n[nH]2)CC1.O=CNc1cnccn1. The average molecular weight is 499 g/mol. The Morgan fingerprint density at radius 1 is 1.11 bits per heavy atom. The molecule has 6 rings (SSSR count). The second-order valence-corrected chi connectivity index (χ2v) is 8.50. The summed E-state index contributed by atoms with van der Waals surface area (Å²) in [6.45, 7) is 4.32. The molecule has 3 N–H and O–H groups in total. The van der Waals surface area contributed by atoms with Gasteiger partial charge < -0.3 is 15.5 Å². The molecule has 1 saturated carbocycles. The van der Waals surface area contributed by atoms with Crippen molar-refractivity contribution < 1.29 is 4.79 Å². The number of carbonyl (C=O) groups excluding carboxylic acids is 1. The highest BCUT2D eigenvalue weighted by molar-refractivity contribution is 5.73. The number of terminal acetylenes is 2. The van der Waals surface area contributed by atoms with E-state index in [0.29, 0.717) is 12.2 Å². The van der Waals surface area contributed by atoms with Crippen LogP contribution in [0.3, 0.4) is 0 Å². The molecule has 11 heteroatoms. The summed E-state index contributed by atoms with van der Waals surface area (Å²) in [6, 6.07) is 6.11. The van der Waals surface area contributed by atoms with Gasteiger partial charge in [0.25, 0.3) is 0 Å². The fourth-order valence-electron chi connectivity index (χ4n) is 3.77. The summed E-state index contributed by atoms with van der Waals surface area (Å²) in [5.41, 5.74) is 2.44. The third-order valence-corrected chi connectivity index (χ3v) is 6.01. The summed E-state index contributed by atoms with van der Waals surface area (Å²) in [6.07, 6.45) is 27.9. The first-order chi connectivity index (χ1) is 18.1. The van der Waals surface area contributed by atoms with Crippen LogP contribution < -0.4 is 15.5 Å². The Morgan fingerprint density at radius 3 is 2.51 bits per heavy atom. The standard InChI is InChI=1S/C17H21N7.C5H5N3O.2C2H2/c1-17(6-7-17)13-11-14(21-20-13)18-15-12-5-4-10-24(12)22-16(19-15)23-8-2-3-9-23;9-4-8-5-3-6-1-2-7-5;2*1-2/h4-5,10-11H,2-3,6-9H2,1H3,(H2,18,19,20,21,22);1-4H,(H,7,8,9);2*1-2H. The zero-order valence-electron chi connectivity index (χ0n) is 20.7. The summed E-state index contributed by atoms with van der Waals surface area (Å²) >= 11 is 0. The highest BCUT2D eigenvalue weighted by atomic mass is 16.1. The number of rotatable bonds is 6. The Labute approximate surface area is 216 Å². The van der Waals surface area contributed by atoms with E-state index in [1.165, 1.54) is 50.0 Å². The highest BCUT2D eigenvalue weighted by Gasteiger charge is 2.40. The van der Waals surface area contributed by atoms with Crippen LogP contribution in [0, 0.1) is 25.7 Å². The van der Waals surface area contributed by atoms with Crippen LogP contribution >= 0.6 is 0 Å².